The Hall–Kier alpha value is -1.67. The van der Waals surface area contributed by atoms with Gasteiger partial charge in [-0.3, -0.25) is 4.79 Å². The molecule has 1 unspecified atom stereocenters. The van der Waals surface area contributed by atoms with Crippen molar-refractivity contribution in [2.45, 2.75) is 44.2 Å². The monoisotopic (exact) mass is 365 g/mol. The van der Waals surface area contributed by atoms with Crippen LogP contribution in [0.15, 0.2) is 11.4 Å². The summed E-state index contributed by atoms with van der Waals surface area (Å²) in [6, 6.07) is -0.692. The van der Waals surface area contributed by atoms with Gasteiger partial charge in [-0.25, -0.2) is 14.8 Å². The second kappa shape index (κ2) is 7.06. The van der Waals surface area contributed by atoms with Gasteiger partial charge in [0.25, 0.3) is 0 Å². The number of carbonyl (C=O) groups is 2. The van der Waals surface area contributed by atoms with Gasteiger partial charge in [0.05, 0.1) is 5.75 Å². The van der Waals surface area contributed by atoms with Crippen LogP contribution in [-0.4, -0.2) is 50.2 Å². The van der Waals surface area contributed by atoms with Crippen LogP contribution in [0.5, 0.6) is 0 Å². The highest BCUT2D eigenvalue weighted by atomic mass is 32.2. The third-order valence-corrected chi connectivity index (χ3v) is 6.46. The van der Waals surface area contributed by atoms with Crippen molar-refractivity contribution in [1.29, 1.82) is 0 Å². The summed E-state index contributed by atoms with van der Waals surface area (Å²) >= 11 is 2.99. The lowest BCUT2D eigenvalue weighted by Crippen LogP contribution is -2.48. The SMILES string of the molecule is Cc1sc2ncnc(SCC(=O)N3CCCCC3C(=O)O)c2c1C. The molecule has 0 aromatic carbocycles. The van der Waals surface area contributed by atoms with E-state index in [9.17, 15) is 14.7 Å². The lowest BCUT2D eigenvalue weighted by molar-refractivity contribution is -0.150. The zero-order valence-corrected chi connectivity index (χ0v) is 15.2. The first-order valence-corrected chi connectivity index (χ1v) is 9.65. The smallest absolute Gasteiger partial charge is 0.326 e. The standard InChI is InChI=1S/C16H19N3O3S2/c1-9-10(2)24-15-13(9)14(17-8-18-15)23-7-12(20)19-6-4-3-5-11(19)16(21)22/h8,11H,3-7H2,1-2H3,(H,21,22). The summed E-state index contributed by atoms with van der Waals surface area (Å²) < 4.78 is 0. The van der Waals surface area contributed by atoms with Gasteiger partial charge in [0.1, 0.15) is 22.2 Å². The van der Waals surface area contributed by atoms with Gasteiger partial charge in [0.2, 0.25) is 5.91 Å². The molecule has 1 aliphatic rings. The largest absolute Gasteiger partial charge is 0.480 e. The number of rotatable bonds is 4. The number of nitrogens with zero attached hydrogens (tertiary/aromatic N) is 3. The fourth-order valence-electron chi connectivity index (χ4n) is 2.96. The van der Waals surface area contributed by atoms with Crippen LogP contribution in [0, 0.1) is 13.8 Å². The van der Waals surface area contributed by atoms with Gasteiger partial charge in [0.15, 0.2) is 0 Å². The van der Waals surface area contributed by atoms with Gasteiger partial charge in [-0.1, -0.05) is 11.8 Å². The number of piperidine rings is 1. The Labute approximate surface area is 148 Å². The van der Waals surface area contributed by atoms with E-state index in [1.54, 1.807) is 11.3 Å². The molecule has 1 fully saturated rings. The highest BCUT2D eigenvalue weighted by Crippen LogP contribution is 2.34. The predicted molar refractivity (Wildman–Crippen MR) is 94.6 cm³/mol. The predicted octanol–water partition coefficient (Wildman–Crippen LogP) is 2.87. The van der Waals surface area contributed by atoms with E-state index >= 15 is 0 Å². The number of thiophene rings is 1. The summed E-state index contributed by atoms with van der Waals surface area (Å²) in [4.78, 5) is 36.1. The second-order valence-corrected chi connectivity index (χ2v) is 8.04. The first-order valence-electron chi connectivity index (χ1n) is 7.85. The summed E-state index contributed by atoms with van der Waals surface area (Å²) in [5, 5.41) is 11.1. The average molecular weight is 365 g/mol. The van der Waals surface area contributed by atoms with Gasteiger partial charge < -0.3 is 10.0 Å². The number of aryl methyl sites for hydroxylation is 2. The Morgan fingerprint density at radius 2 is 2.17 bits per heavy atom. The van der Waals surface area contributed by atoms with Crippen LogP contribution in [0.25, 0.3) is 10.2 Å². The molecule has 3 heterocycles. The topological polar surface area (TPSA) is 83.4 Å². The molecule has 1 aliphatic heterocycles. The summed E-state index contributed by atoms with van der Waals surface area (Å²) in [5.74, 6) is -0.852. The highest BCUT2D eigenvalue weighted by Gasteiger charge is 2.31. The minimum Gasteiger partial charge on any atom is -0.480 e. The quantitative estimate of drug-likeness (QED) is 0.663. The van der Waals surface area contributed by atoms with Crippen molar-refractivity contribution in [1.82, 2.24) is 14.9 Å². The molecule has 0 bridgehead atoms. The number of aromatic nitrogens is 2. The van der Waals surface area contributed by atoms with Gasteiger partial charge in [-0.15, -0.1) is 11.3 Å². The van der Waals surface area contributed by atoms with Gasteiger partial charge in [-0.05, 0) is 38.7 Å². The molecule has 24 heavy (non-hydrogen) atoms. The number of thioether (sulfide) groups is 1. The van der Waals surface area contributed by atoms with Crippen LogP contribution >= 0.6 is 23.1 Å². The van der Waals surface area contributed by atoms with Crippen molar-refractivity contribution in [2.75, 3.05) is 12.3 Å². The lowest BCUT2D eigenvalue weighted by Gasteiger charge is -2.32. The molecule has 1 N–H and O–H groups in total. The molecule has 0 saturated carbocycles. The molecule has 2 aromatic rings. The van der Waals surface area contributed by atoms with Crippen molar-refractivity contribution in [3.63, 3.8) is 0 Å². The zero-order valence-electron chi connectivity index (χ0n) is 13.6. The maximum atomic E-state index is 12.5. The molecule has 1 amide bonds. The molecule has 1 atom stereocenters. The van der Waals surface area contributed by atoms with Crippen LogP contribution in [-0.2, 0) is 9.59 Å². The number of hydrogen-bond donors (Lipinski definition) is 1. The number of carboxylic acids is 1. The molecule has 6 nitrogen and oxygen atoms in total. The van der Waals surface area contributed by atoms with Gasteiger partial charge in [-0.2, -0.15) is 0 Å². The Balaban J connectivity index is 1.76. The number of amides is 1. The van der Waals surface area contributed by atoms with Crippen LogP contribution in [0.1, 0.15) is 29.7 Å². The summed E-state index contributed by atoms with van der Waals surface area (Å²) in [5.41, 5.74) is 1.15. The van der Waals surface area contributed by atoms with E-state index in [4.69, 9.17) is 0 Å². The number of carbonyl (C=O) groups excluding carboxylic acids is 1. The number of fused-ring (bicyclic) bond motifs is 1. The Bertz CT molecular complexity index is 790. The van der Waals surface area contributed by atoms with E-state index in [1.807, 2.05) is 13.8 Å². The van der Waals surface area contributed by atoms with Crippen LogP contribution < -0.4 is 0 Å². The zero-order chi connectivity index (χ0) is 17.3. The number of likely N-dealkylation sites (tertiary alicyclic amines) is 1. The number of aliphatic carboxylic acids is 1. The van der Waals surface area contributed by atoms with E-state index in [0.29, 0.717) is 13.0 Å². The fraction of sp³-hybridized carbons (Fsp3) is 0.500. The minimum absolute atomic E-state index is 0.136. The maximum Gasteiger partial charge on any atom is 0.326 e. The Kier molecular flexibility index (Phi) is 5.05. The first-order chi connectivity index (χ1) is 11.5. The van der Waals surface area contributed by atoms with Gasteiger partial charge >= 0.3 is 5.97 Å². The Morgan fingerprint density at radius 1 is 1.38 bits per heavy atom. The van der Waals surface area contributed by atoms with E-state index in [1.165, 1.54) is 27.9 Å². The van der Waals surface area contributed by atoms with Crippen LogP contribution in [0.3, 0.4) is 0 Å². The van der Waals surface area contributed by atoms with Crippen molar-refractivity contribution >= 4 is 45.2 Å². The van der Waals surface area contributed by atoms with E-state index in [2.05, 4.69) is 9.97 Å². The van der Waals surface area contributed by atoms with Crippen molar-refractivity contribution in [3.8, 4) is 0 Å². The third kappa shape index (κ3) is 3.25. The molecule has 128 valence electrons. The molecule has 3 rings (SSSR count). The van der Waals surface area contributed by atoms with Crippen molar-refractivity contribution in [3.05, 3.63) is 16.8 Å². The molecule has 1 saturated heterocycles. The highest BCUT2D eigenvalue weighted by molar-refractivity contribution is 8.00. The average Bonchev–Trinajstić information content (AvgIpc) is 2.87. The molecular weight excluding hydrogens is 346 g/mol. The van der Waals surface area contributed by atoms with Crippen LogP contribution in [0.2, 0.25) is 0 Å². The summed E-state index contributed by atoms with van der Waals surface area (Å²) in [6.07, 6.45) is 3.77. The summed E-state index contributed by atoms with van der Waals surface area (Å²) in [6.45, 7) is 4.60. The van der Waals surface area contributed by atoms with Crippen LogP contribution in [0.4, 0.5) is 0 Å². The third-order valence-electron chi connectivity index (χ3n) is 4.37. The van der Waals surface area contributed by atoms with Crippen molar-refractivity contribution < 1.29 is 14.7 Å². The van der Waals surface area contributed by atoms with E-state index < -0.39 is 12.0 Å². The fourth-order valence-corrected chi connectivity index (χ4v) is 4.96. The first kappa shape index (κ1) is 17.2. The Morgan fingerprint density at radius 3 is 2.92 bits per heavy atom. The molecular formula is C16H19N3O3S2. The summed E-state index contributed by atoms with van der Waals surface area (Å²) in [7, 11) is 0. The molecule has 8 heteroatoms. The normalized spacial score (nSPS) is 18.1. The molecule has 2 aromatic heterocycles. The maximum absolute atomic E-state index is 12.5. The number of carboxylic acid groups (broad SMARTS) is 1. The molecule has 0 radical (unpaired) electrons. The molecule has 0 spiro atoms. The van der Waals surface area contributed by atoms with Gasteiger partial charge in [0, 0.05) is 16.8 Å². The minimum atomic E-state index is -0.915. The second-order valence-electron chi connectivity index (χ2n) is 5.87. The molecule has 0 aliphatic carbocycles. The number of hydrogen-bond acceptors (Lipinski definition) is 6. The lowest BCUT2D eigenvalue weighted by atomic mass is 10.0. The van der Waals surface area contributed by atoms with Crippen molar-refractivity contribution in [2.24, 2.45) is 0 Å². The van der Waals surface area contributed by atoms with E-state index in [0.717, 1.165) is 33.6 Å². The van der Waals surface area contributed by atoms with E-state index in [-0.39, 0.29) is 11.7 Å².